The number of rotatable bonds is 15. The zero-order chi connectivity index (χ0) is 24.1. The van der Waals surface area contributed by atoms with Gasteiger partial charge in [-0.2, -0.15) is 0 Å². The highest BCUT2D eigenvalue weighted by Crippen LogP contribution is 2.29. The molecule has 1 aromatic rings. The minimum Gasteiger partial charge on any atom is -0.466 e. The van der Waals surface area contributed by atoms with Gasteiger partial charge in [-0.1, -0.05) is 45.4 Å². The van der Waals surface area contributed by atoms with Gasteiger partial charge >= 0.3 is 11.9 Å². The van der Waals surface area contributed by atoms with Gasteiger partial charge in [0.2, 0.25) is 5.82 Å². The first-order valence-corrected chi connectivity index (χ1v) is 11.1. The number of ether oxygens (including phenoxy) is 2. The van der Waals surface area contributed by atoms with E-state index in [0.717, 1.165) is 51.9 Å². The Morgan fingerprint density at radius 2 is 1.16 bits per heavy atom. The van der Waals surface area contributed by atoms with Gasteiger partial charge in [0.05, 0.1) is 12.2 Å². The van der Waals surface area contributed by atoms with Crippen molar-refractivity contribution in [1.82, 2.24) is 0 Å². The van der Waals surface area contributed by atoms with Gasteiger partial charge in [0.1, 0.15) is 6.10 Å². The van der Waals surface area contributed by atoms with Gasteiger partial charge < -0.3 is 9.47 Å². The topological polar surface area (TPSA) is 52.6 Å². The van der Waals surface area contributed by atoms with Crippen molar-refractivity contribution in [2.24, 2.45) is 0 Å². The quantitative estimate of drug-likeness (QED) is 0.0934. The normalized spacial score (nSPS) is 12.0. The average molecular weight is 466 g/mol. The summed E-state index contributed by atoms with van der Waals surface area (Å²) in [6.45, 7) is 3.59. The number of benzene rings is 1. The Morgan fingerprint density at radius 3 is 1.69 bits per heavy atom. The summed E-state index contributed by atoms with van der Waals surface area (Å²) in [5.41, 5.74) is -1.17. The fraction of sp³-hybridized carbons (Fsp3) is 0.652. The largest absolute Gasteiger partial charge is 0.466 e. The molecule has 4 nitrogen and oxygen atoms in total. The van der Waals surface area contributed by atoms with Gasteiger partial charge in [0, 0.05) is 12.8 Å². The van der Waals surface area contributed by atoms with E-state index in [9.17, 15) is 31.5 Å². The number of unbranched alkanes of at least 4 members (excludes halogenated alkanes) is 7. The van der Waals surface area contributed by atoms with E-state index in [1.807, 2.05) is 0 Å². The van der Waals surface area contributed by atoms with Crippen LogP contribution in [0.2, 0.25) is 0 Å². The second-order valence-corrected chi connectivity index (χ2v) is 7.66. The first-order chi connectivity index (χ1) is 15.2. The molecule has 0 aliphatic carbocycles. The Morgan fingerprint density at radius 1 is 0.688 bits per heavy atom. The van der Waals surface area contributed by atoms with E-state index < -0.39 is 46.7 Å². The summed E-state index contributed by atoms with van der Waals surface area (Å²) < 4.78 is 77.1. The smallest absolute Gasteiger partial charge is 0.306 e. The molecule has 9 heteroatoms. The van der Waals surface area contributed by atoms with E-state index in [1.54, 1.807) is 0 Å². The number of halogens is 5. The minimum atomic E-state index is -2.26. The second kappa shape index (κ2) is 14.8. The molecule has 0 heterocycles. The van der Waals surface area contributed by atoms with E-state index in [1.165, 1.54) is 0 Å². The summed E-state index contributed by atoms with van der Waals surface area (Å²) in [5.74, 6) is -11.4. The van der Waals surface area contributed by atoms with Crippen LogP contribution in [0.15, 0.2) is 0 Å². The predicted octanol–water partition coefficient (Wildman–Crippen LogP) is 6.84. The van der Waals surface area contributed by atoms with Crippen LogP contribution < -0.4 is 0 Å². The first-order valence-electron chi connectivity index (χ1n) is 11.1. The molecule has 0 saturated carbocycles. The van der Waals surface area contributed by atoms with Crippen LogP contribution in [-0.4, -0.2) is 18.5 Å². The first kappa shape index (κ1) is 27.8. The Hall–Kier alpha value is -2.19. The number of hydrogen-bond acceptors (Lipinski definition) is 4. The molecule has 0 spiro atoms. The Bertz CT molecular complexity index is 725. The molecule has 0 saturated heterocycles. The summed E-state index contributed by atoms with van der Waals surface area (Å²) in [4.78, 5) is 23.4. The summed E-state index contributed by atoms with van der Waals surface area (Å²) >= 11 is 0. The van der Waals surface area contributed by atoms with Crippen molar-refractivity contribution in [1.29, 1.82) is 0 Å². The molecule has 0 bridgehead atoms. The molecule has 1 unspecified atom stereocenters. The van der Waals surface area contributed by atoms with Crippen molar-refractivity contribution in [2.45, 2.75) is 90.6 Å². The van der Waals surface area contributed by atoms with Gasteiger partial charge in [0.15, 0.2) is 23.3 Å². The van der Waals surface area contributed by atoms with Gasteiger partial charge in [-0.05, 0) is 26.2 Å². The Kier molecular flexibility index (Phi) is 12.9. The van der Waals surface area contributed by atoms with E-state index in [-0.39, 0.29) is 12.4 Å². The lowest BCUT2D eigenvalue weighted by atomic mass is 10.1. The van der Waals surface area contributed by atoms with Crippen LogP contribution in [0.3, 0.4) is 0 Å². The number of esters is 2. The van der Waals surface area contributed by atoms with E-state index in [4.69, 9.17) is 9.47 Å². The van der Waals surface area contributed by atoms with E-state index in [0.29, 0.717) is 25.9 Å². The van der Waals surface area contributed by atoms with Gasteiger partial charge in [-0.15, -0.1) is 0 Å². The number of carbonyl (C=O) groups is 2. The van der Waals surface area contributed by atoms with Crippen molar-refractivity contribution in [2.75, 3.05) is 6.61 Å². The lowest BCUT2D eigenvalue weighted by molar-refractivity contribution is -0.149. The number of carbonyl (C=O) groups excluding carboxylic acids is 2. The highest BCUT2D eigenvalue weighted by molar-refractivity contribution is 5.69. The summed E-state index contributed by atoms with van der Waals surface area (Å²) in [6.07, 6.45) is 6.16. The van der Waals surface area contributed by atoms with Crippen LogP contribution in [0.1, 0.15) is 96.1 Å². The van der Waals surface area contributed by atoms with Gasteiger partial charge in [0.25, 0.3) is 0 Å². The van der Waals surface area contributed by atoms with Crippen molar-refractivity contribution in [3.63, 3.8) is 0 Å². The lowest BCUT2D eigenvalue weighted by Gasteiger charge is -2.16. The maximum Gasteiger partial charge on any atom is 0.306 e. The van der Waals surface area contributed by atoms with Crippen LogP contribution >= 0.6 is 0 Å². The van der Waals surface area contributed by atoms with Crippen LogP contribution in [0.25, 0.3) is 0 Å². The molecule has 0 aromatic heterocycles. The maximum atomic E-state index is 13.8. The Balaban J connectivity index is 2.22. The summed E-state index contributed by atoms with van der Waals surface area (Å²) in [7, 11) is 0. The molecule has 0 amide bonds. The SMILES string of the molecule is CCCCCOC(=O)CCCCCCCCC(=O)OC(C)c1c(F)c(F)c(F)c(F)c1F. The third-order valence-corrected chi connectivity index (χ3v) is 4.98. The molecule has 0 aliphatic rings. The molecule has 182 valence electrons. The second-order valence-electron chi connectivity index (χ2n) is 7.66. The van der Waals surface area contributed by atoms with Crippen molar-refractivity contribution in [3.05, 3.63) is 34.6 Å². The lowest BCUT2D eigenvalue weighted by Crippen LogP contribution is -2.15. The molecule has 0 fully saturated rings. The van der Waals surface area contributed by atoms with E-state index >= 15 is 0 Å². The highest BCUT2D eigenvalue weighted by Gasteiger charge is 2.30. The van der Waals surface area contributed by atoms with Crippen molar-refractivity contribution >= 4 is 11.9 Å². The van der Waals surface area contributed by atoms with Crippen LogP contribution in [0.5, 0.6) is 0 Å². The van der Waals surface area contributed by atoms with E-state index in [2.05, 4.69) is 6.92 Å². The molecule has 1 atom stereocenters. The predicted molar refractivity (Wildman–Crippen MR) is 108 cm³/mol. The maximum absolute atomic E-state index is 13.8. The standard InChI is InChI=1S/C23H31F5O4/c1-3-4-11-14-31-16(29)12-9-7-5-6-8-10-13-17(30)32-15(2)18-19(24)21(26)23(28)22(27)20(18)25/h15H,3-14H2,1-2H3. The molecule has 0 radical (unpaired) electrons. The van der Waals surface area contributed by atoms with Crippen LogP contribution in [-0.2, 0) is 19.1 Å². The minimum absolute atomic E-state index is 0.0379. The zero-order valence-corrected chi connectivity index (χ0v) is 18.6. The summed E-state index contributed by atoms with van der Waals surface area (Å²) in [5, 5.41) is 0. The van der Waals surface area contributed by atoms with Crippen molar-refractivity contribution < 1.29 is 41.0 Å². The van der Waals surface area contributed by atoms with Crippen LogP contribution in [0.4, 0.5) is 22.0 Å². The summed E-state index contributed by atoms with van der Waals surface area (Å²) in [6, 6.07) is 0. The third-order valence-electron chi connectivity index (χ3n) is 4.98. The molecule has 0 N–H and O–H groups in total. The van der Waals surface area contributed by atoms with Gasteiger partial charge in [-0.3, -0.25) is 9.59 Å². The molecule has 1 aromatic carbocycles. The fourth-order valence-corrected chi connectivity index (χ4v) is 3.15. The Labute approximate surface area is 185 Å². The molecular formula is C23H31F5O4. The van der Waals surface area contributed by atoms with Gasteiger partial charge in [-0.25, -0.2) is 22.0 Å². The number of hydrogen-bond donors (Lipinski definition) is 0. The third kappa shape index (κ3) is 9.12. The molecular weight excluding hydrogens is 435 g/mol. The molecule has 0 aliphatic heterocycles. The molecule has 32 heavy (non-hydrogen) atoms. The van der Waals surface area contributed by atoms with Crippen molar-refractivity contribution in [3.8, 4) is 0 Å². The molecule has 1 rings (SSSR count). The fourth-order valence-electron chi connectivity index (χ4n) is 3.15. The average Bonchev–Trinajstić information content (AvgIpc) is 2.75. The van der Waals surface area contributed by atoms with Crippen LogP contribution in [0, 0.1) is 29.1 Å². The zero-order valence-electron chi connectivity index (χ0n) is 18.6. The monoisotopic (exact) mass is 466 g/mol. The highest BCUT2D eigenvalue weighted by atomic mass is 19.2.